The first-order chi connectivity index (χ1) is 8.28. The molecular weight excluding hydrogens is 303 g/mol. The number of anilines is 1. The number of hydrogen-bond donors (Lipinski definition) is 0. The van der Waals surface area contributed by atoms with Crippen LogP contribution in [0.3, 0.4) is 0 Å². The van der Waals surface area contributed by atoms with E-state index in [0.717, 1.165) is 0 Å². The van der Waals surface area contributed by atoms with Gasteiger partial charge in [-0.3, -0.25) is 9.69 Å². The lowest BCUT2D eigenvalue weighted by molar-refractivity contribution is -0.117. The summed E-state index contributed by atoms with van der Waals surface area (Å²) in [6, 6.07) is 0. The molecule has 9 heteroatoms. The second-order valence-corrected chi connectivity index (χ2v) is 7.37. The summed E-state index contributed by atoms with van der Waals surface area (Å²) in [6.07, 6.45) is 0.0992. The third-order valence-electron chi connectivity index (χ3n) is 2.66. The average Bonchev–Trinajstić information content (AvgIpc) is 2.70. The minimum Gasteiger partial charge on any atom is -0.336 e. The van der Waals surface area contributed by atoms with Crippen LogP contribution in [0.5, 0.6) is 0 Å². The molecule has 1 aromatic rings. The second-order valence-electron chi connectivity index (χ2n) is 4.17. The molecule has 18 heavy (non-hydrogen) atoms. The Morgan fingerprint density at radius 3 is 2.72 bits per heavy atom. The molecule has 1 saturated heterocycles. The number of hydrogen-bond acceptors (Lipinski definition) is 5. The van der Waals surface area contributed by atoms with Crippen LogP contribution in [-0.2, 0) is 13.8 Å². The van der Waals surface area contributed by atoms with E-state index in [1.54, 1.807) is 6.92 Å². The van der Waals surface area contributed by atoms with Crippen molar-refractivity contribution in [3.63, 3.8) is 0 Å². The average molecular weight is 313 g/mol. The topological polar surface area (TPSA) is 80.5 Å². The number of nitrogens with zero attached hydrogens (tertiary/aromatic N) is 2. The molecule has 100 valence electrons. The van der Waals surface area contributed by atoms with Gasteiger partial charge in [0.25, 0.3) is 5.88 Å². The van der Waals surface area contributed by atoms with Gasteiger partial charge in [-0.2, -0.15) is 0 Å². The molecule has 1 unspecified atom stereocenters. The van der Waals surface area contributed by atoms with Crippen molar-refractivity contribution >= 4 is 43.1 Å². The maximum Gasteiger partial charge on any atom is 0.252 e. The summed E-state index contributed by atoms with van der Waals surface area (Å²) in [5.74, 6) is -0.699. The highest BCUT2D eigenvalue weighted by Crippen LogP contribution is 2.33. The Balaban J connectivity index is 2.18. The Kier molecular flexibility index (Phi) is 3.57. The normalized spacial score (nSPS) is 20.7. The van der Waals surface area contributed by atoms with Gasteiger partial charge < -0.3 is 4.52 Å². The van der Waals surface area contributed by atoms with Crippen molar-refractivity contribution in [2.24, 2.45) is 5.92 Å². The van der Waals surface area contributed by atoms with Gasteiger partial charge in [-0.05, 0) is 6.92 Å². The molecule has 0 spiro atoms. The molecule has 0 radical (unpaired) electrons. The minimum absolute atomic E-state index is 0.0992. The van der Waals surface area contributed by atoms with E-state index in [2.05, 4.69) is 5.16 Å². The predicted molar refractivity (Wildman–Crippen MR) is 66.3 cm³/mol. The number of carbonyl (C=O) groups is 1. The van der Waals surface area contributed by atoms with Crippen molar-refractivity contribution in [1.29, 1.82) is 0 Å². The number of carbonyl (C=O) groups excluding carboxylic acids is 1. The molecule has 2 heterocycles. The van der Waals surface area contributed by atoms with E-state index >= 15 is 0 Å². The van der Waals surface area contributed by atoms with Crippen LogP contribution in [0, 0.1) is 12.8 Å². The Bertz CT molecular complexity index is 583. The highest BCUT2D eigenvalue weighted by molar-refractivity contribution is 8.13. The van der Waals surface area contributed by atoms with Gasteiger partial charge in [0, 0.05) is 29.6 Å². The Morgan fingerprint density at radius 1 is 1.56 bits per heavy atom. The molecule has 1 aliphatic rings. The summed E-state index contributed by atoms with van der Waals surface area (Å²) >= 11 is 5.94. The van der Waals surface area contributed by atoms with Crippen molar-refractivity contribution < 1.29 is 17.7 Å². The first-order valence-electron chi connectivity index (χ1n) is 5.12. The quantitative estimate of drug-likeness (QED) is 0.791. The Labute approximate surface area is 113 Å². The van der Waals surface area contributed by atoms with Gasteiger partial charge in [0.05, 0.1) is 5.75 Å². The van der Waals surface area contributed by atoms with Gasteiger partial charge in [0.2, 0.25) is 15.0 Å². The Morgan fingerprint density at radius 2 is 2.22 bits per heavy atom. The fourth-order valence-electron chi connectivity index (χ4n) is 1.89. The van der Waals surface area contributed by atoms with Gasteiger partial charge >= 0.3 is 0 Å². The van der Waals surface area contributed by atoms with E-state index in [-0.39, 0.29) is 41.5 Å². The first kappa shape index (κ1) is 13.6. The van der Waals surface area contributed by atoms with Gasteiger partial charge in [-0.25, -0.2) is 8.42 Å². The molecule has 0 bridgehead atoms. The van der Waals surface area contributed by atoms with Crippen molar-refractivity contribution in [3.05, 3.63) is 10.7 Å². The zero-order valence-electron chi connectivity index (χ0n) is 9.39. The van der Waals surface area contributed by atoms with Crippen LogP contribution in [0.1, 0.15) is 12.1 Å². The summed E-state index contributed by atoms with van der Waals surface area (Å²) in [5.41, 5.74) is 0.480. The monoisotopic (exact) mass is 312 g/mol. The molecule has 1 atom stereocenters. The lowest BCUT2D eigenvalue weighted by Gasteiger charge is -2.12. The molecule has 0 aliphatic carbocycles. The number of aryl methyl sites for hydroxylation is 1. The van der Waals surface area contributed by atoms with Crippen LogP contribution < -0.4 is 4.90 Å². The van der Waals surface area contributed by atoms with E-state index in [4.69, 9.17) is 26.8 Å². The smallest absolute Gasteiger partial charge is 0.252 e. The van der Waals surface area contributed by atoms with E-state index in [1.165, 1.54) is 4.90 Å². The Hall–Kier alpha value is -0.790. The largest absolute Gasteiger partial charge is 0.336 e. The van der Waals surface area contributed by atoms with Crippen LogP contribution in [0.15, 0.2) is 4.52 Å². The second kappa shape index (κ2) is 4.71. The van der Waals surface area contributed by atoms with Crippen LogP contribution in [0.2, 0.25) is 5.02 Å². The zero-order chi connectivity index (χ0) is 13.5. The maximum absolute atomic E-state index is 11.8. The number of aromatic nitrogens is 1. The highest BCUT2D eigenvalue weighted by Gasteiger charge is 2.36. The van der Waals surface area contributed by atoms with Crippen molar-refractivity contribution in [2.45, 2.75) is 13.3 Å². The van der Waals surface area contributed by atoms with Gasteiger partial charge in [0.15, 0.2) is 0 Å². The van der Waals surface area contributed by atoms with E-state index in [1.807, 2.05) is 0 Å². The molecule has 0 aromatic carbocycles. The standard InChI is InChI=1S/C9H10Cl2N2O4S/c1-5-8(10)9(17-12-5)13-3-6(2-7(13)14)4-18(11,15)16/h6H,2-4H2,1H3. The van der Waals surface area contributed by atoms with Crippen molar-refractivity contribution in [2.75, 3.05) is 17.2 Å². The zero-order valence-corrected chi connectivity index (χ0v) is 11.7. The number of halogens is 2. The number of rotatable bonds is 3. The lowest BCUT2D eigenvalue weighted by Crippen LogP contribution is -2.25. The molecule has 2 rings (SSSR count). The molecule has 1 aliphatic heterocycles. The minimum atomic E-state index is -3.63. The molecule has 1 fully saturated rings. The summed E-state index contributed by atoms with van der Waals surface area (Å²) in [6.45, 7) is 1.86. The van der Waals surface area contributed by atoms with Crippen molar-refractivity contribution in [3.8, 4) is 0 Å². The highest BCUT2D eigenvalue weighted by atomic mass is 35.7. The predicted octanol–water partition coefficient (Wildman–Crippen LogP) is 1.56. The lowest BCUT2D eigenvalue weighted by atomic mass is 10.1. The van der Waals surface area contributed by atoms with Crippen LogP contribution in [0.25, 0.3) is 0 Å². The van der Waals surface area contributed by atoms with Crippen LogP contribution in [-0.4, -0.2) is 31.8 Å². The molecule has 1 aromatic heterocycles. The fraction of sp³-hybridized carbons (Fsp3) is 0.556. The number of amides is 1. The van der Waals surface area contributed by atoms with Crippen LogP contribution in [0.4, 0.5) is 5.88 Å². The van der Waals surface area contributed by atoms with Gasteiger partial charge in [0.1, 0.15) is 10.7 Å². The third-order valence-corrected chi connectivity index (χ3v) is 4.34. The summed E-state index contributed by atoms with van der Waals surface area (Å²) in [5, 5.41) is 3.91. The van der Waals surface area contributed by atoms with Crippen LogP contribution >= 0.6 is 22.3 Å². The summed E-state index contributed by atoms with van der Waals surface area (Å²) in [4.78, 5) is 13.1. The first-order valence-corrected chi connectivity index (χ1v) is 7.98. The summed E-state index contributed by atoms with van der Waals surface area (Å²) < 4.78 is 26.9. The third kappa shape index (κ3) is 2.78. The molecule has 6 nitrogen and oxygen atoms in total. The van der Waals surface area contributed by atoms with E-state index in [9.17, 15) is 13.2 Å². The molecule has 1 amide bonds. The SMILES string of the molecule is Cc1noc(N2CC(CS(=O)(=O)Cl)CC2=O)c1Cl. The fourth-order valence-corrected chi connectivity index (χ4v) is 3.38. The molecule has 0 N–H and O–H groups in total. The van der Waals surface area contributed by atoms with Crippen molar-refractivity contribution in [1.82, 2.24) is 5.16 Å². The van der Waals surface area contributed by atoms with Gasteiger partial charge in [-0.1, -0.05) is 16.8 Å². The molecular formula is C9H10Cl2N2O4S. The van der Waals surface area contributed by atoms with E-state index in [0.29, 0.717) is 5.69 Å². The van der Waals surface area contributed by atoms with E-state index < -0.39 is 9.05 Å². The van der Waals surface area contributed by atoms with Gasteiger partial charge in [-0.15, -0.1) is 0 Å². The summed E-state index contributed by atoms with van der Waals surface area (Å²) in [7, 11) is 1.54. The molecule has 0 saturated carbocycles. The maximum atomic E-state index is 11.8.